The van der Waals surface area contributed by atoms with E-state index in [2.05, 4.69) is 29.7 Å². The maximum atomic E-state index is 12.1. The number of hydrazone groups is 1. The fraction of sp³-hybridized carbons (Fsp3) is 0.192. The maximum absolute atomic E-state index is 12.1. The summed E-state index contributed by atoms with van der Waals surface area (Å²) in [4.78, 5) is 24.2. The summed E-state index contributed by atoms with van der Waals surface area (Å²) in [5.74, 6) is -0.783. The summed E-state index contributed by atoms with van der Waals surface area (Å²) < 4.78 is 5.85. The molecule has 0 saturated heterocycles. The first-order chi connectivity index (χ1) is 16.7. The average Bonchev–Trinajstić information content (AvgIpc) is 2.84. The Bertz CT molecular complexity index is 1230. The van der Waals surface area contributed by atoms with Crippen LogP contribution in [0.3, 0.4) is 0 Å². The van der Waals surface area contributed by atoms with Gasteiger partial charge in [0.25, 0.3) is 0 Å². The van der Waals surface area contributed by atoms with Crippen LogP contribution in [0.4, 0.5) is 0 Å². The van der Waals surface area contributed by atoms with Gasteiger partial charge in [-0.2, -0.15) is 5.10 Å². The average molecular weight is 533 g/mol. The summed E-state index contributed by atoms with van der Waals surface area (Å²) in [5.41, 5.74) is 5.64. The number of carbonyl (C=O) groups excluding carboxylic acids is 2. The topological polar surface area (TPSA) is 79.8 Å². The van der Waals surface area contributed by atoms with Crippen LogP contribution in [0.2, 0.25) is 15.1 Å². The number of rotatable bonds is 8. The normalized spacial score (nSPS) is 11.0. The van der Waals surface area contributed by atoms with Gasteiger partial charge in [-0.1, -0.05) is 79.0 Å². The van der Waals surface area contributed by atoms with E-state index < -0.39 is 11.8 Å². The second-order valence-electron chi connectivity index (χ2n) is 8.00. The van der Waals surface area contributed by atoms with E-state index in [0.29, 0.717) is 32.3 Å². The van der Waals surface area contributed by atoms with Crippen LogP contribution >= 0.6 is 34.8 Å². The van der Waals surface area contributed by atoms with Gasteiger partial charge in [0.05, 0.1) is 16.3 Å². The monoisotopic (exact) mass is 531 g/mol. The highest BCUT2D eigenvalue weighted by molar-refractivity contribution is 6.42. The van der Waals surface area contributed by atoms with E-state index in [1.54, 1.807) is 36.4 Å². The molecule has 6 nitrogen and oxygen atoms in total. The summed E-state index contributed by atoms with van der Waals surface area (Å²) in [6.07, 6.45) is 1.35. The molecular formula is C26H24Cl3N3O3. The number of ether oxygens (including phenoxy) is 1. The molecule has 0 atom stereocenters. The molecule has 0 aliphatic carbocycles. The quantitative estimate of drug-likeness (QED) is 0.208. The molecule has 0 bridgehead atoms. The number of amides is 2. The van der Waals surface area contributed by atoms with Crippen LogP contribution in [0.1, 0.15) is 42.0 Å². The highest BCUT2D eigenvalue weighted by Gasteiger charge is 2.12. The second-order valence-corrected chi connectivity index (χ2v) is 9.25. The molecule has 3 aromatic carbocycles. The lowest BCUT2D eigenvalue weighted by Crippen LogP contribution is -2.37. The van der Waals surface area contributed by atoms with E-state index >= 15 is 0 Å². The van der Waals surface area contributed by atoms with E-state index in [9.17, 15) is 9.59 Å². The van der Waals surface area contributed by atoms with Gasteiger partial charge in [-0.25, -0.2) is 5.43 Å². The summed E-state index contributed by atoms with van der Waals surface area (Å²) in [6.45, 7) is 4.67. The highest BCUT2D eigenvalue weighted by Crippen LogP contribution is 2.25. The number of halogens is 3. The SMILES string of the molecule is CC(C)c1ccc(CNC(=O)C(=O)N/N=C\c2cc(Cl)ccc2OCc2ccc(Cl)c(Cl)c2)cc1. The van der Waals surface area contributed by atoms with Crippen LogP contribution in [-0.4, -0.2) is 18.0 Å². The van der Waals surface area contributed by atoms with Gasteiger partial charge in [-0.15, -0.1) is 0 Å². The molecule has 0 saturated carbocycles. The molecule has 0 fully saturated rings. The minimum atomic E-state index is -0.889. The van der Waals surface area contributed by atoms with Gasteiger partial charge < -0.3 is 10.1 Å². The minimum absolute atomic E-state index is 0.228. The van der Waals surface area contributed by atoms with Crippen molar-refractivity contribution in [2.24, 2.45) is 5.10 Å². The molecule has 3 aromatic rings. The van der Waals surface area contributed by atoms with Crippen molar-refractivity contribution < 1.29 is 14.3 Å². The van der Waals surface area contributed by atoms with E-state index in [0.717, 1.165) is 11.1 Å². The molecule has 9 heteroatoms. The lowest BCUT2D eigenvalue weighted by atomic mass is 10.0. The predicted octanol–water partition coefficient (Wildman–Crippen LogP) is 6.12. The first-order valence-corrected chi connectivity index (χ1v) is 11.9. The van der Waals surface area contributed by atoms with Crippen molar-refractivity contribution in [1.29, 1.82) is 0 Å². The van der Waals surface area contributed by atoms with Crippen molar-refractivity contribution in [2.45, 2.75) is 32.9 Å². The number of hydrogen-bond acceptors (Lipinski definition) is 4. The number of benzene rings is 3. The molecule has 0 radical (unpaired) electrons. The van der Waals surface area contributed by atoms with Crippen LogP contribution in [0.15, 0.2) is 65.8 Å². The summed E-state index contributed by atoms with van der Waals surface area (Å²) >= 11 is 18.1. The van der Waals surface area contributed by atoms with Crippen LogP contribution in [0.25, 0.3) is 0 Å². The zero-order valence-electron chi connectivity index (χ0n) is 19.1. The highest BCUT2D eigenvalue weighted by atomic mass is 35.5. The van der Waals surface area contributed by atoms with Gasteiger partial charge in [0, 0.05) is 17.1 Å². The molecule has 35 heavy (non-hydrogen) atoms. The van der Waals surface area contributed by atoms with Crippen molar-refractivity contribution in [1.82, 2.24) is 10.7 Å². The fourth-order valence-electron chi connectivity index (χ4n) is 3.04. The number of nitrogens with zero attached hydrogens (tertiary/aromatic N) is 1. The Morgan fingerprint density at radius 3 is 2.31 bits per heavy atom. The minimum Gasteiger partial charge on any atom is -0.488 e. The van der Waals surface area contributed by atoms with Crippen molar-refractivity contribution in [2.75, 3.05) is 0 Å². The van der Waals surface area contributed by atoms with Gasteiger partial charge in [0.15, 0.2) is 0 Å². The van der Waals surface area contributed by atoms with Crippen molar-refractivity contribution in [3.8, 4) is 5.75 Å². The molecule has 3 rings (SSSR count). The lowest BCUT2D eigenvalue weighted by Gasteiger charge is -2.10. The van der Waals surface area contributed by atoms with Crippen LogP contribution < -0.4 is 15.5 Å². The Hall–Kier alpha value is -3.06. The molecule has 0 spiro atoms. The van der Waals surface area contributed by atoms with Gasteiger partial charge >= 0.3 is 11.8 Å². The van der Waals surface area contributed by atoms with Crippen LogP contribution in [0.5, 0.6) is 5.75 Å². The summed E-state index contributed by atoms with van der Waals surface area (Å²) in [6, 6.07) is 18.0. The maximum Gasteiger partial charge on any atom is 0.329 e. The third kappa shape index (κ3) is 7.99. The van der Waals surface area contributed by atoms with E-state index in [1.165, 1.54) is 11.8 Å². The molecule has 2 N–H and O–H groups in total. The Morgan fingerprint density at radius 1 is 0.914 bits per heavy atom. The van der Waals surface area contributed by atoms with Gasteiger partial charge in [-0.3, -0.25) is 9.59 Å². The molecule has 0 aromatic heterocycles. The second kappa shape index (κ2) is 12.6. The van der Waals surface area contributed by atoms with Gasteiger partial charge in [-0.05, 0) is 52.9 Å². The van der Waals surface area contributed by atoms with Crippen LogP contribution in [-0.2, 0) is 22.7 Å². The molecule has 0 aliphatic heterocycles. The van der Waals surface area contributed by atoms with Crippen molar-refractivity contribution >= 4 is 52.8 Å². The summed E-state index contributed by atoms with van der Waals surface area (Å²) in [7, 11) is 0. The van der Waals surface area contributed by atoms with Gasteiger partial charge in [0.1, 0.15) is 12.4 Å². The Labute approximate surface area is 219 Å². The Morgan fingerprint density at radius 2 is 1.63 bits per heavy atom. The van der Waals surface area contributed by atoms with E-state index in [4.69, 9.17) is 39.5 Å². The smallest absolute Gasteiger partial charge is 0.329 e. The fourth-order valence-corrected chi connectivity index (χ4v) is 3.54. The Balaban J connectivity index is 1.55. The largest absolute Gasteiger partial charge is 0.488 e. The standard InChI is InChI=1S/C26H24Cl3N3O3/c1-16(2)19-6-3-17(4-7-19)13-30-25(33)26(34)32-31-14-20-12-21(27)8-10-24(20)35-15-18-5-9-22(28)23(29)11-18/h3-12,14,16H,13,15H2,1-2H3,(H,30,33)(H,32,34)/b31-14-. The number of hydrogen-bond donors (Lipinski definition) is 2. The molecule has 0 unspecified atom stereocenters. The predicted molar refractivity (Wildman–Crippen MR) is 140 cm³/mol. The van der Waals surface area contributed by atoms with Crippen molar-refractivity contribution in [3.05, 3.63) is 98.0 Å². The first-order valence-electron chi connectivity index (χ1n) is 10.8. The third-order valence-electron chi connectivity index (χ3n) is 5.03. The Kier molecular flexibility index (Phi) is 9.55. The number of nitrogens with one attached hydrogen (secondary N) is 2. The zero-order chi connectivity index (χ0) is 25.4. The molecular weight excluding hydrogens is 509 g/mol. The van der Waals surface area contributed by atoms with E-state index in [-0.39, 0.29) is 13.2 Å². The molecule has 182 valence electrons. The zero-order valence-corrected chi connectivity index (χ0v) is 21.4. The van der Waals surface area contributed by atoms with Crippen LogP contribution in [0, 0.1) is 0 Å². The third-order valence-corrected chi connectivity index (χ3v) is 6.00. The van der Waals surface area contributed by atoms with E-state index in [1.807, 2.05) is 24.3 Å². The lowest BCUT2D eigenvalue weighted by molar-refractivity contribution is -0.139. The number of carbonyl (C=O) groups is 2. The molecule has 0 aliphatic rings. The summed E-state index contributed by atoms with van der Waals surface area (Å²) in [5, 5.41) is 7.79. The molecule has 0 heterocycles. The van der Waals surface area contributed by atoms with Gasteiger partial charge in [0.2, 0.25) is 0 Å². The first kappa shape index (κ1) is 26.5. The molecule has 2 amide bonds. The van der Waals surface area contributed by atoms with Crippen molar-refractivity contribution in [3.63, 3.8) is 0 Å².